The third-order valence-electron chi connectivity index (χ3n) is 4.62. The van der Waals surface area contributed by atoms with Gasteiger partial charge in [-0.3, -0.25) is 14.9 Å². The molecule has 4 aromatic heterocycles. The Labute approximate surface area is 160 Å². The van der Waals surface area contributed by atoms with Gasteiger partial charge in [-0.15, -0.1) is 0 Å². The first-order valence-electron chi connectivity index (χ1n) is 8.87. The number of fused-ring (bicyclic) bond motifs is 2. The van der Waals surface area contributed by atoms with Crippen molar-refractivity contribution in [2.24, 2.45) is 0 Å². The van der Waals surface area contributed by atoms with Gasteiger partial charge in [-0.05, 0) is 42.0 Å². The van der Waals surface area contributed by atoms with Crippen molar-refractivity contribution in [2.75, 3.05) is 5.32 Å². The van der Waals surface area contributed by atoms with Crippen LogP contribution in [-0.2, 0) is 6.42 Å². The van der Waals surface area contributed by atoms with E-state index in [4.69, 9.17) is 0 Å². The second kappa shape index (κ2) is 6.62. The number of hydrogen-bond acceptors (Lipinski definition) is 4. The topological polar surface area (TPSA) is 88.0 Å². The number of aromatic amines is 1. The van der Waals surface area contributed by atoms with Gasteiger partial charge in [0.2, 0.25) is 0 Å². The predicted octanol–water partition coefficient (Wildman–Crippen LogP) is 3.45. The molecule has 2 N–H and O–H groups in total. The normalized spacial score (nSPS) is 11.1. The summed E-state index contributed by atoms with van der Waals surface area (Å²) in [6.07, 6.45) is 7.80. The molecule has 0 saturated carbocycles. The Balaban J connectivity index is 1.50. The molecule has 7 heteroatoms. The summed E-state index contributed by atoms with van der Waals surface area (Å²) in [5, 5.41) is 10.8. The van der Waals surface area contributed by atoms with E-state index in [9.17, 15) is 4.79 Å². The van der Waals surface area contributed by atoms with Gasteiger partial charge >= 0.3 is 0 Å². The Morgan fingerprint density at radius 2 is 2.07 bits per heavy atom. The predicted molar refractivity (Wildman–Crippen MR) is 106 cm³/mol. The van der Waals surface area contributed by atoms with Crippen molar-refractivity contribution in [3.05, 3.63) is 90.4 Å². The number of aromatic nitrogens is 5. The fourth-order valence-corrected chi connectivity index (χ4v) is 3.28. The second-order valence-corrected chi connectivity index (χ2v) is 6.50. The molecule has 0 radical (unpaired) electrons. The number of imidazole rings is 1. The van der Waals surface area contributed by atoms with Gasteiger partial charge in [0, 0.05) is 36.1 Å². The van der Waals surface area contributed by atoms with Gasteiger partial charge in [-0.25, -0.2) is 4.98 Å². The average Bonchev–Trinajstić information content (AvgIpc) is 3.33. The summed E-state index contributed by atoms with van der Waals surface area (Å²) < 4.78 is 1.94. The van der Waals surface area contributed by atoms with Gasteiger partial charge in [0.05, 0.1) is 17.2 Å². The van der Waals surface area contributed by atoms with E-state index in [0.717, 1.165) is 27.8 Å². The minimum atomic E-state index is -0.250. The lowest BCUT2D eigenvalue weighted by Crippen LogP contribution is -2.13. The molecule has 7 nitrogen and oxygen atoms in total. The van der Waals surface area contributed by atoms with Gasteiger partial charge in [0.25, 0.3) is 5.91 Å². The number of pyridine rings is 2. The molecule has 0 spiro atoms. The quantitative estimate of drug-likeness (QED) is 0.509. The van der Waals surface area contributed by atoms with E-state index in [0.29, 0.717) is 17.8 Å². The smallest absolute Gasteiger partial charge is 0.276 e. The Morgan fingerprint density at radius 1 is 1.11 bits per heavy atom. The zero-order chi connectivity index (χ0) is 18.9. The van der Waals surface area contributed by atoms with Crippen LogP contribution in [0.2, 0.25) is 0 Å². The molecular weight excluding hydrogens is 352 g/mol. The van der Waals surface area contributed by atoms with E-state index in [2.05, 4.69) is 25.5 Å². The lowest BCUT2D eigenvalue weighted by molar-refractivity contribution is 0.102. The number of H-pyrrole nitrogens is 1. The molecule has 28 heavy (non-hydrogen) atoms. The molecular formula is C21H16N6O. The second-order valence-electron chi connectivity index (χ2n) is 6.50. The first kappa shape index (κ1) is 16.2. The molecule has 5 rings (SSSR count). The molecule has 1 amide bonds. The van der Waals surface area contributed by atoms with Crippen LogP contribution in [0.1, 0.15) is 21.9 Å². The summed E-state index contributed by atoms with van der Waals surface area (Å²) in [5.74, 6) is 0.540. The zero-order valence-electron chi connectivity index (χ0n) is 14.8. The fraction of sp³-hybridized carbons (Fsp3) is 0.0476. The molecule has 1 aromatic carbocycles. The van der Waals surface area contributed by atoms with Gasteiger partial charge in [0.15, 0.2) is 5.69 Å². The summed E-state index contributed by atoms with van der Waals surface area (Å²) in [6, 6.07) is 15.2. The Bertz CT molecular complexity index is 1290. The van der Waals surface area contributed by atoms with E-state index >= 15 is 0 Å². The molecule has 0 aliphatic carbocycles. The number of anilines is 1. The highest BCUT2D eigenvalue weighted by atomic mass is 16.1. The Kier molecular flexibility index (Phi) is 3.83. The van der Waals surface area contributed by atoms with E-state index < -0.39 is 0 Å². The van der Waals surface area contributed by atoms with Crippen LogP contribution in [0.4, 0.5) is 5.69 Å². The Hall–Kier alpha value is -4.00. The molecule has 0 unspecified atom stereocenters. The van der Waals surface area contributed by atoms with Crippen molar-refractivity contribution in [1.29, 1.82) is 0 Å². The van der Waals surface area contributed by atoms with Crippen LogP contribution in [0.5, 0.6) is 0 Å². The molecule has 0 atom stereocenters. The summed E-state index contributed by atoms with van der Waals surface area (Å²) in [6.45, 7) is 0. The van der Waals surface area contributed by atoms with Crippen LogP contribution in [0.15, 0.2) is 73.3 Å². The zero-order valence-corrected chi connectivity index (χ0v) is 14.8. The minimum Gasteiger partial charge on any atom is -0.321 e. The third-order valence-corrected chi connectivity index (χ3v) is 4.62. The molecule has 0 aliphatic rings. The number of carbonyl (C=O) groups is 1. The fourth-order valence-electron chi connectivity index (χ4n) is 3.28. The van der Waals surface area contributed by atoms with Crippen LogP contribution < -0.4 is 5.32 Å². The SMILES string of the molecule is O=C(Nc1ccc2cn[nH]c2c1)c1nc(Cc2cccnc2)n2ccccc12. The van der Waals surface area contributed by atoms with E-state index in [1.165, 1.54) is 0 Å². The lowest BCUT2D eigenvalue weighted by Gasteiger charge is -2.03. The van der Waals surface area contributed by atoms with E-state index in [1.807, 2.05) is 65.3 Å². The number of hydrogen-bond donors (Lipinski definition) is 2. The molecule has 136 valence electrons. The van der Waals surface area contributed by atoms with Crippen molar-refractivity contribution < 1.29 is 4.79 Å². The van der Waals surface area contributed by atoms with Gasteiger partial charge in [-0.2, -0.15) is 5.10 Å². The van der Waals surface area contributed by atoms with Gasteiger partial charge in [-0.1, -0.05) is 12.1 Å². The van der Waals surface area contributed by atoms with E-state index in [1.54, 1.807) is 12.4 Å². The largest absolute Gasteiger partial charge is 0.321 e. The maximum absolute atomic E-state index is 12.9. The number of rotatable bonds is 4. The molecule has 0 aliphatic heterocycles. The number of nitrogens with zero attached hydrogens (tertiary/aromatic N) is 4. The van der Waals surface area contributed by atoms with Crippen LogP contribution in [0.3, 0.4) is 0 Å². The summed E-state index contributed by atoms with van der Waals surface area (Å²) in [4.78, 5) is 21.7. The van der Waals surface area contributed by atoms with Crippen molar-refractivity contribution >= 4 is 28.0 Å². The summed E-state index contributed by atoms with van der Waals surface area (Å²) in [7, 11) is 0. The molecule has 0 fully saturated rings. The highest BCUT2D eigenvalue weighted by Gasteiger charge is 2.18. The van der Waals surface area contributed by atoms with Gasteiger partial charge in [0.1, 0.15) is 5.82 Å². The van der Waals surface area contributed by atoms with Crippen molar-refractivity contribution in [3.63, 3.8) is 0 Å². The van der Waals surface area contributed by atoms with Crippen LogP contribution in [0, 0.1) is 0 Å². The number of benzene rings is 1. The molecule has 4 heterocycles. The van der Waals surface area contributed by atoms with Crippen molar-refractivity contribution in [3.8, 4) is 0 Å². The van der Waals surface area contributed by atoms with Crippen molar-refractivity contribution in [2.45, 2.75) is 6.42 Å². The van der Waals surface area contributed by atoms with Crippen molar-refractivity contribution in [1.82, 2.24) is 24.6 Å². The minimum absolute atomic E-state index is 0.250. The van der Waals surface area contributed by atoms with Gasteiger partial charge < -0.3 is 9.72 Å². The standard InChI is InChI=1S/C21H16N6O/c28-21(24-16-7-6-15-13-23-26-17(15)11-16)20-18-5-1-2-9-27(18)19(25-20)10-14-4-3-8-22-12-14/h1-9,11-13H,10H2,(H,23,26)(H,24,28). The summed E-state index contributed by atoms with van der Waals surface area (Å²) in [5.41, 5.74) is 3.75. The van der Waals surface area contributed by atoms with E-state index in [-0.39, 0.29) is 5.91 Å². The number of amides is 1. The highest BCUT2D eigenvalue weighted by molar-refractivity contribution is 6.08. The molecule has 0 bridgehead atoms. The number of carbonyl (C=O) groups excluding carboxylic acids is 1. The molecule has 5 aromatic rings. The lowest BCUT2D eigenvalue weighted by atomic mass is 10.2. The third kappa shape index (κ3) is 2.88. The van der Waals surface area contributed by atoms with Crippen LogP contribution in [0.25, 0.3) is 16.4 Å². The first-order chi connectivity index (χ1) is 13.8. The number of nitrogens with one attached hydrogen (secondary N) is 2. The first-order valence-corrected chi connectivity index (χ1v) is 8.87. The van der Waals surface area contributed by atoms with Crippen LogP contribution in [-0.4, -0.2) is 30.5 Å². The maximum atomic E-state index is 12.9. The highest BCUT2D eigenvalue weighted by Crippen LogP contribution is 2.20. The maximum Gasteiger partial charge on any atom is 0.276 e. The molecule has 0 saturated heterocycles. The summed E-state index contributed by atoms with van der Waals surface area (Å²) >= 11 is 0. The monoisotopic (exact) mass is 368 g/mol. The average molecular weight is 368 g/mol. The van der Waals surface area contributed by atoms with Crippen LogP contribution >= 0.6 is 0 Å². The Morgan fingerprint density at radius 3 is 2.96 bits per heavy atom.